The Kier molecular flexibility index (Phi) is 5.55. The van der Waals surface area contributed by atoms with E-state index in [4.69, 9.17) is 16.3 Å². The minimum atomic E-state index is -0.430. The van der Waals surface area contributed by atoms with E-state index in [1.165, 1.54) is 18.4 Å². The van der Waals surface area contributed by atoms with E-state index >= 15 is 0 Å². The largest absolute Gasteiger partial charge is 0.444 e. The van der Waals surface area contributed by atoms with Gasteiger partial charge in [0.1, 0.15) is 5.60 Å². The molecule has 0 spiro atoms. The Morgan fingerprint density at radius 3 is 2.24 bits per heavy atom. The number of carbonyl (C=O) groups is 1. The third kappa shape index (κ3) is 5.19. The quantitative estimate of drug-likeness (QED) is 0.780. The van der Waals surface area contributed by atoms with Crippen molar-refractivity contribution in [2.24, 2.45) is 0 Å². The Morgan fingerprint density at radius 1 is 1.14 bits per heavy atom. The number of piperidine rings is 1. The van der Waals surface area contributed by atoms with E-state index in [2.05, 4.69) is 4.90 Å². The maximum absolute atomic E-state index is 12.0. The SMILES string of the molecule is CC(C)(C)OC(=O)N1CCC(=C(Cl)CN2CCCC2)CC1. The molecule has 120 valence electrons. The zero-order valence-corrected chi connectivity index (χ0v) is 14.2. The molecule has 0 aromatic heterocycles. The van der Waals surface area contributed by atoms with Crippen LogP contribution < -0.4 is 0 Å². The summed E-state index contributed by atoms with van der Waals surface area (Å²) in [6, 6.07) is 0. The third-order valence-electron chi connectivity index (χ3n) is 3.96. The molecule has 2 aliphatic rings. The molecule has 0 unspecified atom stereocenters. The smallest absolute Gasteiger partial charge is 0.410 e. The van der Waals surface area contributed by atoms with Gasteiger partial charge in [-0.1, -0.05) is 17.2 Å². The van der Waals surface area contributed by atoms with Crippen LogP contribution in [0.3, 0.4) is 0 Å². The molecule has 2 fully saturated rings. The van der Waals surface area contributed by atoms with E-state index < -0.39 is 5.60 Å². The lowest BCUT2D eigenvalue weighted by Gasteiger charge is -2.31. The first-order valence-electron chi connectivity index (χ1n) is 7.92. The number of halogens is 1. The van der Waals surface area contributed by atoms with Crippen LogP contribution in [-0.2, 0) is 4.74 Å². The fraction of sp³-hybridized carbons (Fsp3) is 0.812. The van der Waals surface area contributed by atoms with Crippen LogP contribution in [0, 0.1) is 0 Å². The zero-order valence-electron chi connectivity index (χ0n) is 13.5. The van der Waals surface area contributed by atoms with Crippen molar-refractivity contribution in [1.29, 1.82) is 0 Å². The average molecular weight is 315 g/mol. The molecule has 0 radical (unpaired) electrons. The summed E-state index contributed by atoms with van der Waals surface area (Å²) in [6.45, 7) is 10.3. The van der Waals surface area contributed by atoms with E-state index in [1.54, 1.807) is 4.90 Å². The van der Waals surface area contributed by atoms with Crippen LogP contribution in [0.25, 0.3) is 0 Å². The third-order valence-corrected chi connectivity index (χ3v) is 4.35. The maximum atomic E-state index is 12.0. The summed E-state index contributed by atoms with van der Waals surface area (Å²) in [5.74, 6) is 0. The van der Waals surface area contributed by atoms with Gasteiger partial charge >= 0.3 is 6.09 Å². The standard InChI is InChI=1S/C16H27ClN2O2/c1-16(2,3)21-15(20)19-10-6-13(7-11-19)14(17)12-18-8-4-5-9-18/h4-12H2,1-3H3. The normalized spacial score (nSPS) is 20.8. The van der Waals surface area contributed by atoms with Gasteiger partial charge in [0, 0.05) is 24.7 Å². The van der Waals surface area contributed by atoms with Gasteiger partial charge in [0.15, 0.2) is 0 Å². The number of likely N-dealkylation sites (tertiary alicyclic amines) is 2. The second-order valence-electron chi connectivity index (χ2n) is 6.96. The summed E-state index contributed by atoms with van der Waals surface area (Å²) in [7, 11) is 0. The Labute approximate surface area is 133 Å². The number of carbonyl (C=O) groups excluding carboxylic acids is 1. The highest BCUT2D eigenvalue weighted by atomic mass is 35.5. The number of ether oxygens (including phenoxy) is 1. The molecule has 0 aromatic carbocycles. The summed E-state index contributed by atoms with van der Waals surface area (Å²) in [4.78, 5) is 16.2. The van der Waals surface area contributed by atoms with Crippen molar-refractivity contribution in [3.8, 4) is 0 Å². The fourth-order valence-corrected chi connectivity index (χ4v) is 3.16. The molecular formula is C16H27ClN2O2. The average Bonchev–Trinajstić information content (AvgIpc) is 2.90. The van der Waals surface area contributed by atoms with Crippen molar-refractivity contribution < 1.29 is 9.53 Å². The van der Waals surface area contributed by atoms with Gasteiger partial charge in [-0.3, -0.25) is 4.90 Å². The minimum absolute atomic E-state index is 0.211. The van der Waals surface area contributed by atoms with Crippen molar-refractivity contribution in [1.82, 2.24) is 9.80 Å². The van der Waals surface area contributed by atoms with Crippen LogP contribution in [0.1, 0.15) is 46.5 Å². The molecule has 0 atom stereocenters. The molecule has 2 aliphatic heterocycles. The molecule has 0 aromatic rings. The van der Waals surface area contributed by atoms with Crippen molar-refractivity contribution in [2.45, 2.75) is 52.1 Å². The summed E-state index contributed by atoms with van der Waals surface area (Å²) < 4.78 is 5.41. The van der Waals surface area contributed by atoms with E-state index in [9.17, 15) is 4.79 Å². The summed E-state index contributed by atoms with van der Waals surface area (Å²) >= 11 is 6.48. The Balaban J connectivity index is 1.83. The van der Waals surface area contributed by atoms with Gasteiger partial charge in [-0.15, -0.1) is 0 Å². The molecule has 0 N–H and O–H groups in total. The lowest BCUT2D eigenvalue weighted by atomic mass is 10.0. The predicted molar refractivity (Wildman–Crippen MR) is 85.6 cm³/mol. The van der Waals surface area contributed by atoms with E-state index in [0.717, 1.165) is 37.5 Å². The fourth-order valence-electron chi connectivity index (χ4n) is 2.81. The van der Waals surface area contributed by atoms with E-state index in [-0.39, 0.29) is 6.09 Å². The molecular weight excluding hydrogens is 288 g/mol. The van der Waals surface area contributed by atoms with Crippen LogP contribution in [0.2, 0.25) is 0 Å². The molecule has 0 aliphatic carbocycles. The minimum Gasteiger partial charge on any atom is -0.444 e. The summed E-state index contributed by atoms with van der Waals surface area (Å²) in [5.41, 5.74) is 0.879. The van der Waals surface area contributed by atoms with Gasteiger partial charge in [-0.25, -0.2) is 4.79 Å². The van der Waals surface area contributed by atoms with Crippen LogP contribution in [0.4, 0.5) is 4.79 Å². The number of hydrogen-bond acceptors (Lipinski definition) is 3. The number of nitrogens with zero attached hydrogens (tertiary/aromatic N) is 2. The summed E-state index contributed by atoms with van der Waals surface area (Å²) in [5, 5.41) is 0.987. The second kappa shape index (κ2) is 7.01. The molecule has 2 heterocycles. The van der Waals surface area contributed by atoms with Crippen LogP contribution >= 0.6 is 11.6 Å². The Bertz CT molecular complexity index is 399. The lowest BCUT2D eigenvalue weighted by molar-refractivity contribution is 0.0236. The van der Waals surface area contributed by atoms with Gasteiger partial charge in [0.05, 0.1) is 0 Å². The monoisotopic (exact) mass is 314 g/mol. The zero-order chi connectivity index (χ0) is 15.5. The first-order valence-corrected chi connectivity index (χ1v) is 8.29. The molecule has 2 rings (SSSR count). The molecule has 21 heavy (non-hydrogen) atoms. The van der Waals surface area contributed by atoms with Gasteiger partial charge in [0.2, 0.25) is 0 Å². The lowest BCUT2D eigenvalue weighted by Crippen LogP contribution is -2.40. The van der Waals surface area contributed by atoms with Crippen molar-refractivity contribution in [3.63, 3.8) is 0 Å². The van der Waals surface area contributed by atoms with Crippen LogP contribution in [0.5, 0.6) is 0 Å². The number of amides is 1. The molecule has 5 heteroatoms. The number of hydrogen-bond donors (Lipinski definition) is 0. The molecule has 1 amide bonds. The highest BCUT2D eigenvalue weighted by Gasteiger charge is 2.25. The van der Waals surface area contributed by atoms with Crippen molar-refractivity contribution in [3.05, 3.63) is 10.6 Å². The molecule has 0 saturated carbocycles. The van der Waals surface area contributed by atoms with Crippen LogP contribution in [-0.4, -0.2) is 54.2 Å². The topological polar surface area (TPSA) is 32.8 Å². The molecule has 0 bridgehead atoms. The Hall–Kier alpha value is -0.740. The first-order chi connectivity index (χ1) is 9.85. The molecule has 2 saturated heterocycles. The van der Waals surface area contributed by atoms with Crippen LogP contribution in [0.15, 0.2) is 10.6 Å². The van der Waals surface area contributed by atoms with Crippen molar-refractivity contribution in [2.75, 3.05) is 32.7 Å². The second-order valence-corrected chi connectivity index (χ2v) is 7.42. The van der Waals surface area contributed by atoms with E-state index in [0.29, 0.717) is 13.1 Å². The van der Waals surface area contributed by atoms with Gasteiger partial charge in [-0.05, 0) is 59.5 Å². The Morgan fingerprint density at radius 2 is 1.71 bits per heavy atom. The maximum Gasteiger partial charge on any atom is 0.410 e. The van der Waals surface area contributed by atoms with Gasteiger partial charge < -0.3 is 9.64 Å². The van der Waals surface area contributed by atoms with Gasteiger partial charge in [-0.2, -0.15) is 0 Å². The first kappa shape index (κ1) is 16.6. The summed E-state index contributed by atoms with van der Waals surface area (Å²) in [6.07, 6.45) is 4.09. The highest BCUT2D eigenvalue weighted by molar-refractivity contribution is 6.30. The number of rotatable bonds is 2. The predicted octanol–water partition coefficient (Wildman–Crippen LogP) is 3.61. The van der Waals surface area contributed by atoms with E-state index in [1.807, 2.05) is 20.8 Å². The van der Waals surface area contributed by atoms with Crippen molar-refractivity contribution >= 4 is 17.7 Å². The van der Waals surface area contributed by atoms with Gasteiger partial charge in [0.25, 0.3) is 0 Å². The molecule has 4 nitrogen and oxygen atoms in total. The highest BCUT2D eigenvalue weighted by Crippen LogP contribution is 2.25.